The van der Waals surface area contributed by atoms with Crippen molar-refractivity contribution < 1.29 is 8.83 Å². The molecule has 0 saturated carbocycles. The van der Waals surface area contributed by atoms with Gasteiger partial charge in [-0.1, -0.05) is 140 Å². The predicted octanol–water partition coefficient (Wildman–Crippen LogP) is 14.9. The second kappa shape index (κ2) is 12.7. The molecule has 0 bridgehead atoms. The molecule has 4 heterocycles. The van der Waals surface area contributed by atoms with E-state index in [0.717, 1.165) is 88.7 Å². The van der Waals surface area contributed by atoms with E-state index >= 15 is 0 Å². The minimum Gasteiger partial charge on any atom is -0.455 e. The summed E-state index contributed by atoms with van der Waals surface area (Å²) in [6.45, 7) is 0. The van der Waals surface area contributed by atoms with Gasteiger partial charge in [0.1, 0.15) is 16.7 Å². The molecule has 60 heavy (non-hydrogen) atoms. The van der Waals surface area contributed by atoms with Crippen molar-refractivity contribution in [3.8, 4) is 45.1 Å². The SMILES string of the molecule is c1ccc(-c2cc(-c3cccc4c3oc3ccccc34)cc3oc(-c4cc(-n5c6ccccc6c6ccccc65)cc(-n5c6ccccc6c6ccccc65)c4)nc23)cc1. The maximum atomic E-state index is 6.98. The van der Waals surface area contributed by atoms with Crippen LogP contribution in [0.1, 0.15) is 0 Å². The van der Waals surface area contributed by atoms with Gasteiger partial charge in [0.2, 0.25) is 5.89 Å². The van der Waals surface area contributed by atoms with Gasteiger partial charge >= 0.3 is 0 Å². The summed E-state index contributed by atoms with van der Waals surface area (Å²) in [5, 5.41) is 7.01. The van der Waals surface area contributed by atoms with Gasteiger partial charge in [0.15, 0.2) is 5.58 Å². The van der Waals surface area contributed by atoms with Crippen molar-refractivity contribution in [1.82, 2.24) is 14.1 Å². The first-order chi connectivity index (χ1) is 29.7. The zero-order valence-corrected chi connectivity index (χ0v) is 32.2. The number of benzene rings is 9. The van der Waals surface area contributed by atoms with E-state index in [1.54, 1.807) is 0 Å². The average molecular weight is 768 g/mol. The monoisotopic (exact) mass is 767 g/mol. The van der Waals surface area contributed by atoms with Crippen LogP contribution >= 0.6 is 0 Å². The molecule has 0 unspecified atom stereocenters. The van der Waals surface area contributed by atoms with E-state index in [1.165, 1.54) is 21.5 Å². The van der Waals surface area contributed by atoms with Gasteiger partial charge in [-0.25, -0.2) is 4.98 Å². The highest BCUT2D eigenvalue weighted by atomic mass is 16.3. The number of hydrogen-bond acceptors (Lipinski definition) is 3. The van der Waals surface area contributed by atoms with Gasteiger partial charge in [-0.3, -0.25) is 0 Å². The smallest absolute Gasteiger partial charge is 0.227 e. The molecule has 0 amide bonds. The predicted molar refractivity (Wildman–Crippen MR) is 246 cm³/mol. The highest BCUT2D eigenvalue weighted by Gasteiger charge is 2.22. The van der Waals surface area contributed by atoms with E-state index < -0.39 is 0 Å². The fourth-order valence-corrected chi connectivity index (χ4v) is 9.50. The Morgan fingerprint density at radius 1 is 0.333 bits per heavy atom. The lowest BCUT2D eigenvalue weighted by molar-refractivity contribution is 0.620. The number of para-hydroxylation sites is 6. The van der Waals surface area contributed by atoms with Crippen LogP contribution in [0.2, 0.25) is 0 Å². The van der Waals surface area contributed by atoms with Gasteiger partial charge in [0, 0.05) is 60.4 Å². The van der Waals surface area contributed by atoms with Crippen LogP contribution in [0.5, 0.6) is 0 Å². The Labute approximate surface area is 343 Å². The summed E-state index contributed by atoms with van der Waals surface area (Å²) in [4.78, 5) is 5.38. The van der Waals surface area contributed by atoms with E-state index in [0.29, 0.717) is 11.5 Å². The summed E-state index contributed by atoms with van der Waals surface area (Å²) >= 11 is 0. The number of aromatic nitrogens is 3. The van der Waals surface area contributed by atoms with Crippen molar-refractivity contribution in [3.05, 3.63) is 200 Å². The maximum Gasteiger partial charge on any atom is 0.227 e. The van der Waals surface area contributed by atoms with Crippen LogP contribution in [0.4, 0.5) is 0 Å². The molecule has 0 fully saturated rings. The first-order valence-electron chi connectivity index (χ1n) is 20.3. The van der Waals surface area contributed by atoms with E-state index in [1.807, 2.05) is 18.2 Å². The number of oxazole rings is 1. The highest BCUT2D eigenvalue weighted by molar-refractivity contribution is 6.12. The number of furan rings is 1. The van der Waals surface area contributed by atoms with Crippen LogP contribution in [0.3, 0.4) is 0 Å². The molecule has 5 nitrogen and oxygen atoms in total. The van der Waals surface area contributed by atoms with Crippen LogP contribution in [0, 0.1) is 0 Å². The Bertz CT molecular complexity index is 3610. The van der Waals surface area contributed by atoms with Crippen molar-refractivity contribution in [2.24, 2.45) is 0 Å². The van der Waals surface area contributed by atoms with E-state index in [9.17, 15) is 0 Å². The zero-order valence-electron chi connectivity index (χ0n) is 32.2. The topological polar surface area (TPSA) is 49.0 Å². The highest BCUT2D eigenvalue weighted by Crippen LogP contribution is 2.42. The minimum absolute atomic E-state index is 0.547. The van der Waals surface area contributed by atoms with Crippen molar-refractivity contribution in [1.29, 1.82) is 0 Å². The van der Waals surface area contributed by atoms with Crippen LogP contribution in [-0.4, -0.2) is 14.1 Å². The van der Waals surface area contributed by atoms with Crippen molar-refractivity contribution in [2.45, 2.75) is 0 Å². The van der Waals surface area contributed by atoms with Gasteiger partial charge in [-0.05, 0) is 71.8 Å². The molecular formula is C55H33N3O2. The quantitative estimate of drug-likeness (QED) is 0.175. The molecule has 0 N–H and O–H groups in total. The standard InChI is InChI=1S/C55H33N3O2/c1-2-15-34(16-3-1)46-31-35(39-22-14-23-45-44-21-8-13-28-51(44)59-54(39)45)32-52-53(46)56-55(60-52)36-29-37(57-47-24-9-4-17-40(47)41-18-5-10-25-48(41)57)33-38(30-36)58-49-26-11-6-19-42(49)43-20-7-12-27-50(43)58/h1-33H. The molecule has 0 saturated heterocycles. The second-order valence-electron chi connectivity index (χ2n) is 15.5. The molecule has 0 radical (unpaired) electrons. The summed E-state index contributed by atoms with van der Waals surface area (Å²) in [5.41, 5.74) is 14.7. The number of rotatable bonds is 5. The second-order valence-corrected chi connectivity index (χ2v) is 15.5. The van der Waals surface area contributed by atoms with Crippen molar-refractivity contribution >= 4 is 76.6 Å². The lowest BCUT2D eigenvalue weighted by atomic mass is 9.96. The molecule has 0 aliphatic carbocycles. The van der Waals surface area contributed by atoms with E-state index in [2.05, 4.69) is 191 Å². The maximum absolute atomic E-state index is 6.98. The van der Waals surface area contributed by atoms with Gasteiger partial charge in [0.25, 0.3) is 0 Å². The van der Waals surface area contributed by atoms with Crippen LogP contribution in [-0.2, 0) is 0 Å². The normalized spacial score (nSPS) is 12.0. The Hall–Kier alpha value is -8.15. The number of nitrogens with zero attached hydrogens (tertiary/aromatic N) is 3. The lowest BCUT2D eigenvalue weighted by Crippen LogP contribution is -2.00. The van der Waals surface area contributed by atoms with Gasteiger partial charge < -0.3 is 18.0 Å². The number of hydrogen-bond donors (Lipinski definition) is 0. The molecule has 0 atom stereocenters. The van der Waals surface area contributed by atoms with E-state index in [4.69, 9.17) is 13.8 Å². The Morgan fingerprint density at radius 2 is 0.850 bits per heavy atom. The fraction of sp³-hybridized carbons (Fsp3) is 0. The molecule has 0 spiro atoms. The molecule has 13 aromatic rings. The third-order valence-corrected chi connectivity index (χ3v) is 12.1. The Morgan fingerprint density at radius 3 is 1.45 bits per heavy atom. The van der Waals surface area contributed by atoms with Gasteiger partial charge in [0.05, 0.1) is 22.1 Å². The molecule has 13 rings (SSSR count). The van der Waals surface area contributed by atoms with Crippen molar-refractivity contribution in [3.63, 3.8) is 0 Å². The van der Waals surface area contributed by atoms with Crippen LogP contribution < -0.4 is 0 Å². The molecule has 280 valence electrons. The van der Waals surface area contributed by atoms with Crippen LogP contribution in [0.15, 0.2) is 209 Å². The third-order valence-electron chi connectivity index (χ3n) is 12.1. The zero-order chi connectivity index (χ0) is 39.3. The lowest BCUT2D eigenvalue weighted by Gasteiger charge is -2.14. The first kappa shape index (κ1) is 32.9. The summed E-state index contributed by atoms with van der Waals surface area (Å²) in [7, 11) is 0. The summed E-state index contributed by atoms with van der Waals surface area (Å²) < 4.78 is 18.3. The average Bonchev–Trinajstić information content (AvgIpc) is 4.08. The molecular weight excluding hydrogens is 735 g/mol. The molecule has 0 aliphatic rings. The van der Waals surface area contributed by atoms with Gasteiger partial charge in [-0.2, -0.15) is 0 Å². The summed E-state index contributed by atoms with van der Waals surface area (Å²) in [5.74, 6) is 0.547. The first-order valence-corrected chi connectivity index (χ1v) is 20.3. The third kappa shape index (κ3) is 4.84. The molecule has 0 aliphatic heterocycles. The summed E-state index contributed by atoms with van der Waals surface area (Å²) in [6, 6.07) is 70.7. The van der Waals surface area contributed by atoms with E-state index in [-0.39, 0.29) is 0 Å². The molecule has 9 aromatic carbocycles. The minimum atomic E-state index is 0.547. The number of fused-ring (bicyclic) bond motifs is 10. The van der Waals surface area contributed by atoms with Crippen molar-refractivity contribution in [2.75, 3.05) is 0 Å². The molecule has 5 heteroatoms. The Kier molecular flexibility index (Phi) is 6.95. The van der Waals surface area contributed by atoms with Gasteiger partial charge in [-0.15, -0.1) is 0 Å². The van der Waals surface area contributed by atoms with Crippen LogP contribution in [0.25, 0.3) is 122 Å². The molecule has 4 aromatic heterocycles. The fourth-order valence-electron chi connectivity index (χ4n) is 9.50. The largest absolute Gasteiger partial charge is 0.455 e. The Balaban J connectivity index is 1.09. The summed E-state index contributed by atoms with van der Waals surface area (Å²) in [6.07, 6.45) is 0.